The minimum Gasteiger partial charge on any atom is -0.441 e. The molecule has 1 heterocycles. The molecule has 0 aliphatic rings. The molecule has 0 spiro atoms. The number of hydrogen-bond donors (Lipinski definition) is 1. The number of fused-ring (bicyclic) bond motifs is 1. The minimum atomic E-state index is 0.728. The highest BCUT2D eigenvalue weighted by Crippen LogP contribution is 2.16. The molecule has 0 atom stereocenters. The van der Waals surface area contributed by atoms with Crippen molar-refractivity contribution < 1.29 is 4.42 Å². The van der Waals surface area contributed by atoms with Crippen molar-refractivity contribution in [1.82, 2.24) is 10.3 Å². The number of aryl methyl sites for hydroxylation is 1. The molecular formula is C11H14N2O. The summed E-state index contributed by atoms with van der Waals surface area (Å²) in [6.45, 7) is 2.85. The second-order valence-electron chi connectivity index (χ2n) is 3.39. The van der Waals surface area contributed by atoms with Gasteiger partial charge in [0, 0.05) is 6.92 Å². The summed E-state index contributed by atoms with van der Waals surface area (Å²) in [5.41, 5.74) is 3.11. The summed E-state index contributed by atoms with van der Waals surface area (Å²) in [6.07, 6.45) is 1.02. The average molecular weight is 190 g/mol. The smallest absolute Gasteiger partial charge is 0.192 e. The van der Waals surface area contributed by atoms with Crippen molar-refractivity contribution in [2.75, 3.05) is 13.6 Å². The van der Waals surface area contributed by atoms with Crippen molar-refractivity contribution in [3.8, 4) is 0 Å². The Balaban J connectivity index is 2.31. The number of likely N-dealkylation sites (N-methyl/N-ethyl adjacent to an activating group) is 1. The van der Waals surface area contributed by atoms with E-state index in [0.717, 1.165) is 30.0 Å². The van der Waals surface area contributed by atoms with Gasteiger partial charge in [0.05, 0.1) is 0 Å². The Kier molecular flexibility index (Phi) is 2.50. The fraction of sp³-hybridized carbons (Fsp3) is 0.364. The second kappa shape index (κ2) is 3.80. The van der Waals surface area contributed by atoms with Gasteiger partial charge in [0.15, 0.2) is 11.5 Å². The van der Waals surface area contributed by atoms with E-state index in [9.17, 15) is 0 Å². The van der Waals surface area contributed by atoms with Crippen LogP contribution in [0.2, 0.25) is 0 Å². The van der Waals surface area contributed by atoms with Crippen LogP contribution in [0.3, 0.4) is 0 Å². The third kappa shape index (κ3) is 1.77. The van der Waals surface area contributed by atoms with Gasteiger partial charge in [-0.15, -0.1) is 0 Å². The molecule has 0 bridgehead atoms. The molecule has 1 aromatic carbocycles. The van der Waals surface area contributed by atoms with Crippen LogP contribution in [0.15, 0.2) is 22.6 Å². The van der Waals surface area contributed by atoms with Crippen LogP contribution in [-0.2, 0) is 6.42 Å². The van der Waals surface area contributed by atoms with Gasteiger partial charge in [0.1, 0.15) is 5.52 Å². The van der Waals surface area contributed by atoms with Crippen LogP contribution in [0.25, 0.3) is 11.1 Å². The SMILES string of the molecule is CNCCc1ccc2nc(C)oc2c1. The number of hydrogen-bond acceptors (Lipinski definition) is 3. The second-order valence-corrected chi connectivity index (χ2v) is 3.39. The number of benzene rings is 1. The van der Waals surface area contributed by atoms with Crippen LogP contribution in [0.4, 0.5) is 0 Å². The van der Waals surface area contributed by atoms with Crippen molar-refractivity contribution in [2.45, 2.75) is 13.3 Å². The molecule has 14 heavy (non-hydrogen) atoms. The van der Waals surface area contributed by atoms with Gasteiger partial charge in [0.25, 0.3) is 0 Å². The van der Waals surface area contributed by atoms with Crippen LogP contribution >= 0.6 is 0 Å². The summed E-state index contributed by atoms with van der Waals surface area (Å²) in [7, 11) is 1.96. The summed E-state index contributed by atoms with van der Waals surface area (Å²) < 4.78 is 5.46. The van der Waals surface area contributed by atoms with E-state index < -0.39 is 0 Å². The molecule has 3 nitrogen and oxygen atoms in total. The van der Waals surface area contributed by atoms with E-state index in [1.54, 1.807) is 0 Å². The molecule has 0 radical (unpaired) electrons. The lowest BCUT2D eigenvalue weighted by Gasteiger charge is -1.99. The predicted octanol–water partition coefficient (Wildman–Crippen LogP) is 1.90. The monoisotopic (exact) mass is 190 g/mol. The Hall–Kier alpha value is -1.35. The Morgan fingerprint density at radius 3 is 3.07 bits per heavy atom. The van der Waals surface area contributed by atoms with E-state index in [1.165, 1.54) is 5.56 Å². The molecule has 0 saturated heterocycles. The molecule has 1 N–H and O–H groups in total. The first kappa shape index (κ1) is 9.21. The molecule has 0 fully saturated rings. The van der Waals surface area contributed by atoms with Crippen LogP contribution in [-0.4, -0.2) is 18.6 Å². The summed E-state index contributed by atoms with van der Waals surface area (Å²) in [5, 5.41) is 3.12. The normalized spacial score (nSPS) is 11.0. The summed E-state index contributed by atoms with van der Waals surface area (Å²) in [4.78, 5) is 4.25. The summed E-state index contributed by atoms with van der Waals surface area (Å²) >= 11 is 0. The predicted molar refractivity (Wildman–Crippen MR) is 56.4 cm³/mol. The first-order valence-electron chi connectivity index (χ1n) is 4.80. The van der Waals surface area contributed by atoms with Gasteiger partial charge in [-0.05, 0) is 37.7 Å². The molecule has 0 unspecified atom stereocenters. The lowest BCUT2D eigenvalue weighted by molar-refractivity contribution is 0.560. The average Bonchev–Trinajstić information content (AvgIpc) is 2.54. The van der Waals surface area contributed by atoms with Crippen LogP contribution in [0.1, 0.15) is 11.5 Å². The van der Waals surface area contributed by atoms with Crippen molar-refractivity contribution >= 4 is 11.1 Å². The maximum absolute atomic E-state index is 5.46. The van der Waals surface area contributed by atoms with E-state index in [2.05, 4.69) is 22.4 Å². The fourth-order valence-corrected chi connectivity index (χ4v) is 1.51. The molecule has 1 aromatic heterocycles. The minimum absolute atomic E-state index is 0.728. The fourth-order valence-electron chi connectivity index (χ4n) is 1.51. The van der Waals surface area contributed by atoms with Crippen molar-refractivity contribution in [2.24, 2.45) is 0 Å². The molecular weight excluding hydrogens is 176 g/mol. The van der Waals surface area contributed by atoms with Gasteiger partial charge in [0.2, 0.25) is 0 Å². The number of oxazole rings is 1. The lowest BCUT2D eigenvalue weighted by Crippen LogP contribution is -2.10. The van der Waals surface area contributed by atoms with Crippen molar-refractivity contribution in [1.29, 1.82) is 0 Å². The third-order valence-corrected chi connectivity index (χ3v) is 2.22. The van der Waals surface area contributed by atoms with Gasteiger partial charge >= 0.3 is 0 Å². The summed E-state index contributed by atoms with van der Waals surface area (Å²) in [5.74, 6) is 0.728. The number of aromatic nitrogens is 1. The first-order chi connectivity index (χ1) is 6.79. The van der Waals surface area contributed by atoms with E-state index in [4.69, 9.17) is 4.42 Å². The number of rotatable bonds is 3. The molecule has 0 saturated carbocycles. The van der Waals surface area contributed by atoms with E-state index in [1.807, 2.05) is 20.0 Å². The zero-order valence-corrected chi connectivity index (χ0v) is 8.50. The lowest BCUT2D eigenvalue weighted by atomic mass is 10.1. The van der Waals surface area contributed by atoms with E-state index in [-0.39, 0.29) is 0 Å². The van der Waals surface area contributed by atoms with Gasteiger partial charge in [-0.1, -0.05) is 6.07 Å². The molecule has 3 heteroatoms. The maximum atomic E-state index is 5.46. The van der Waals surface area contributed by atoms with Gasteiger partial charge in [-0.2, -0.15) is 0 Å². The maximum Gasteiger partial charge on any atom is 0.192 e. The molecule has 0 aliphatic carbocycles. The quantitative estimate of drug-likeness (QED) is 0.803. The first-order valence-corrected chi connectivity index (χ1v) is 4.80. The topological polar surface area (TPSA) is 38.1 Å². The van der Waals surface area contributed by atoms with Crippen LogP contribution in [0.5, 0.6) is 0 Å². The van der Waals surface area contributed by atoms with Crippen LogP contribution in [0, 0.1) is 6.92 Å². The van der Waals surface area contributed by atoms with Gasteiger partial charge in [-0.3, -0.25) is 0 Å². The van der Waals surface area contributed by atoms with E-state index in [0.29, 0.717) is 0 Å². The van der Waals surface area contributed by atoms with Gasteiger partial charge < -0.3 is 9.73 Å². The van der Waals surface area contributed by atoms with Crippen molar-refractivity contribution in [3.63, 3.8) is 0 Å². The highest BCUT2D eigenvalue weighted by atomic mass is 16.3. The number of nitrogens with one attached hydrogen (secondary N) is 1. The zero-order valence-electron chi connectivity index (χ0n) is 8.50. The van der Waals surface area contributed by atoms with E-state index >= 15 is 0 Å². The summed E-state index contributed by atoms with van der Waals surface area (Å²) in [6, 6.07) is 6.17. The third-order valence-electron chi connectivity index (χ3n) is 2.22. The van der Waals surface area contributed by atoms with Crippen molar-refractivity contribution in [3.05, 3.63) is 29.7 Å². The zero-order chi connectivity index (χ0) is 9.97. The highest BCUT2D eigenvalue weighted by molar-refractivity contribution is 5.73. The molecule has 74 valence electrons. The largest absolute Gasteiger partial charge is 0.441 e. The highest BCUT2D eigenvalue weighted by Gasteiger charge is 2.02. The molecule has 0 amide bonds. The van der Waals surface area contributed by atoms with Crippen LogP contribution < -0.4 is 5.32 Å². The standard InChI is InChI=1S/C11H14N2O/c1-8-13-10-4-3-9(5-6-12-2)7-11(10)14-8/h3-4,7,12H,5-6H2,1-2H3. The Bertz CT molecular complexity index is 434. The number of nitrogens with zero attached hydrogens (tertiary/aromatic N) is 1. The molecule has 2 rings (SSSR count). The Morgan fingerprint density at radius 1 is 1.43 bits per heavy atom. The van der Waals surface area contributed by atoms with Gasteiger partial charge in [-0.25, -0.2) is 4.98 Å². The molecule has 2 aromatic rings. The molecule has 0 aliphatic heterocycles. The Labute approximate surface area is 83.1 Å². The Morgan fingerprint density at radius 2 is 2.29 bits per heavy atom.